The Bertz CT molecular complexity index is 794. The van der Waals surface area contributed by atoms with Crippen molar-refractivity contribution < 1.29 is 34.0 Å². The van der Waals surface area contributed by atoms with Crippen LogP contribution in [0.3, 0.4) is 0 Å². The van der Waals surface area contributed by atoms with Gasteiger partial charge in [-0.2, -0.15) is 0 Å². The molecule has 160 valence electrons. The molecule has 0 saturated carbocycles. The summed E-state index contributed by atoms with van der Waals surface area (Å²) in [5, 5.41) is 33.5. The van der Waals surface area contributed by atoms with E-state index in [9.17, 15) is 29.3 Å². The number of phenols is 1. The van der Waals surface area contributed by atoms with Crippen LogP contribution in [-0.2, 0) is 16.0 Å². The number of benzene rings is 1. The van der Waals surface area contributed by atoms with Crippen LogP contribution in [0.4, 0.5) is 10.1 Å². The lowest BCUT2D eigenvalue weighted by Gasteiger charge is -2.22. The summed E-state index contributed by atoms with van der Waals surface area (Å²) in [6.07, 6.45) is -2.59. The largest absolute Gasteiger partial charge is 0.507 e. The molecule has 4 N–H and O–H groups in total. The summed E-state index contributed by atoms with van der Waals surface area (Å²) in [5.41, 5.74) is 1.15. The molecule has 2 rings (SSSR count). The minimum Gasteiger partial charge on any atom is -0.507 e. The van der Waals surface area contributed by atoms with E-state index < -0.39 is 41.8 Å². The minimum atomic E-state index is -1.87. The van der Waals surface area contributed by atoms with Gasteiger partial charge in [0.05, 0.1) is 6.10 Å². The van der Waals surface area contributed by atoms with Crippen molar-refractivity contribution in [3.05, 3.63) is 35.2 Å². The normalized spacial score (nSPS) is 28.6. The number of halogens is 1. The van der Waals surface area contributed by atoms with Crippen LogP contribution in [0.2, 0.25) is 0 Å². The third-order valence-corrected chi connectivity index (χ3v) is 5.04. The molecule has 0 fully saturated rings. The number of nitrogens with one attached hydrogen (secondary N) is 1. The van der Waals surface area contributed by atoms with E-state index in [1.54, 1.807) is 13.0 Å². The van der Waals surface area contributed by atoms with Crippen LogP contribution >= 0.6 is 0 Å². The molecule has 7 nitrogen and oxygen atoms in total. The van der Waals surface area contributed by atoms with Gasteiger partial charge < -0.3 is 25.4 Å². The lowest BCUT2D eigenvalue weighted by molar-refractivity contribution is -0.130. The lowest BCUT2D eigenvalue weighted by Crippen LogP contribution is -2.35. The number of rotatable bonds is 2. The van der Waals surface area contributed by atoms with Crippen LogP contribution in [0.15, 0.2) is 24.0 Å². The number of aliphatic hydroxyl groups is 2. The van der Waals surface area contributed by atoms with Crippen molar-refractivity contribution in [1.82, 2.24) is 0 Å². The zero-order valence-corrected chi connectivity index (χ0v) is 16.8. The molecule has 29 heavy (non-hydrogen) atoms. The van der Waals surface area contributed by atoms with Gasteiger partial charge in [0, 0.05) is 24.2 Å². The number of ketones is 1. The molecule has 0 spiro atoms. The highest BCUT2D eigenvalue weighted by atomic mass is 19.1. The van der Waals surface area contributed by atoms with Crippen LogP contribution in [0.25, 0.3) is 0 Å². The van der Waals surface area contributed by atoms with E-state index >= 15 is 0 Å². The van der Waals surface area contributed by atoms with Crippen molar-refractivity contribution >= 4 is 17.4 Å². The van der Waals surface area contributed by atoms with Crippen LogP contribution in [-0.4, -0.2) is 51.9 Å². The van der Waals surface area contributed by atoms with Crippen molar-refractivity contribution in [2.45, 2.75) is 58.3 Å². The highest BCUT2D eigenvalue weighted by Gasteiger charge is 2.30. The van der Waals surface area contributed by atoms with E-state index in [4.69, 9.17) is 4.74 Å². The van der Waals surface area contributed by atoms with Gasteiger partial charge in [-0.15, -0.1) is 0 Å². The molecule has 0 amide bonds. The summed E-state index contributed by atoms with van der Waals surface area (Å²) in [5.74, 6) is -4.07. The Hall–Kier alpha value is -2.45. The molecule has 1 aromatic carbocycles. The Morgan fingerprint density at radius 2 is 1.93 bits per heavy atom. The standard InChI is InChI=1S/C21H28FNO6/c1-4-23-14-9-13-6-5-7-16(24)20(27)19(26)15(22)8-11(2)12(3)29-21(28)18(13)17(25)10-14/h8-12,16,20,23-25,27H,4-7H2,1-3H3/b15-8+/t11-,12+,16+,20+/m1/s1. The number of carbonyl (C=O) groups is 2. The van der Waals surface area contributed by atoms with Crippen molar-refractivity contribution in [3.63, 3.8) is 0 Å². The van der Waals surface area contributed by atoms with E-state index in [0.29, 0.717) is 17.8 Å². The quantitative estimate of drug-likeness (QED) is 0.555. The summed E-state index contributed by atoms with van der Waals surface area (Å²) in [7, 11) is 0. The predicted octanol–water partition coefficient (Wildman–Crippen LogP) is 2.49. The maximum atomic E-state index is 14.2. The monoisotopic (exact) mass is 409 g/mol. The molecule has 0 bridgehead atoms. The van der Waals surface area contributed by atoms with Gasteiger partial charge in [0.1, 0.15) is 23.5 Å². The Balaban J connectivity index is 2.45. The van der Waals surface area contributed by atoms with Gasteiger partial charge in [-0.25, -0.2) is 9.18 Å². The first-order valence-corrected chi connectivity index (χ1v) is 9.74. The van der Waals surface area contributed by atoms with Crippen LogP contribution in [0, 0.1) is 5.92 Å². The van der Waals surface area contributed by atoms with Crippen molar-refractivity contribution in [2.75, 3.05) is 11.9 Å². The number of phenolic OH excluding ortho intramolecular Hbond substituents is 1. The van der Waals surface area contributed by atoms with Crippen molar-refractivity contribution in [3.8, 4) is 5.75 Å². The second-order valence-electron chi connectivity index (χ2n) is 7.31. The van der Waals surface area contributed by atoms with Gasteiger partial charge in [-0.05, 0) is 50.8 Å². The van der Waals surface area contributed by atoms with E-state index in [1.165, 1.54) is 13.0 Å². The molecule has 0 aromatic heterocycles. The minimum absolute atomic E-state index is 0.00677. The van der Waals surface area contributed by atoms with Gasteiger partial charge in [-0.3, -0.25) is 4.79 Å². The summed E-state index contributed by atoms with van der Waals surface area (Å²) >= 11 is 0. The molecular formula is C21H28FNO6. The van der Waals surface area contributed by atoms with Gasteiger partial charge in [-0.1, -0.05) is 6.92 Å². The molecule has 1 aliphatic rings. The van der Waals surface area contributed by atoms with E-state index in [2.05, 4.69) is 5.32 Å². The molecule has 8 heteroatoms. The molecule has 0 unspecified atom stereocenters. The summed E-state index contributed by atoms with van der Waals surface area (Å²) in [6.45, 7) is 5.59. The lowest BCUT2D eigenvalue weighted by atomic mass is 9.95. The van der Waals surface area contributed by atoms with E-state index in [1.807, 2.05) is 6.92 Å². The molecule has 0 saturated heterocycles. The summed E-state index contributed by atoms with van der Waals surface area (Å²) < 4.78 is 19.6. The van der Waals surface area contributed by atoms with Crippen molar-refractivity contribution in [1.29, 1.82) is 0 Å². The number of aliphatic hydroxyl groups excluding tert-OH is 2. The fraction of sp³-hybridized carbons (Fsp3) is 0.524. The number of esters is 1. The molecule has 4 atom stereocenters. The topological polar surface area (TPSA) is 116 Å². The molecule has 1 heterocycles. The molecule has 0 aliphatic carbocycles. The fourth-order valence-corrected chi connectivity index (χ4v) is 3.18. The predicted molar refractivity (Wildman–Crippen MR) is 105 cm³/mol. The molecule has 1 aliphatic heterocycles. The fourth-order valence-electron chi connectivity index (χ4n) is 3.18. The van der Waals surface area contributed by atoms with Crippen molar-refractivity contribution in [2.24, 2.45) is 5.92 Å². The number of Topliss-reactive ketones (excluding diaryl/α,β-unsaturated/α-hetero) is 1. The third-order valence-electron chi connectivity index (χ3n) is 5.04. The SMILES string of the molecule is CCNc1cc(O)c2c(c1)CCC[C@H](O)[C@H](O)C(=O)/C(F)=C\[C@@H](C)[C@H](C)OC2=O. The van der Waals surface area contributed by atoms with E-state index in [-0.39, 0.29) is 30.6 Å². The van der Waals surface area contributed by atoms with Crippen LogP contribution in [0.5, 0.6) is 5.75 Å². The first-order valence-electron chi connectivity index (χ1n) is 9.74. The number of hydrogen-bond acceptors (Lipinski definition) is 7. The number of ether oxygens (including phenoxy) is 1. The molecule has 1 aromatic rings. The first-order chi connectivity index (χ1) is 13.6. The Morgan fingerprint density at radius 1 is 1.24 bits per heavy atom. The van der Waals surface area contributed by atoms with Gasteiger partial charge in [0.25, 0.3) is 0 Å². The number of anilines is 1. The Kier molecular flexibility index (Phi) is 7.75. The highest BCUT2D eigenvalue weighted by molar-refractivity contribution is 5.97. The second-order valence-corrected chi connectivity index (χ2v) is 7.31. The number of aryl methyl sites for hydroxylation is 1. The third kappa shape index (κ3) is 5.55. The highest BCUT2D eigenvalue weighted by Crippen LogP contribution is 2.30. The molecular weight excluding hydrogens is 381 g/mol. The van der Waals surface area contributed by atoms with Crippen LogP contribution < -0.4 is 5.32 Å². The average Bonchev–Trinajstić information content (AvgIpc) is 2.65. The van der Waals surface area contributed by atoms with Crippen LogP contribution in [0.1, 0.15) is 49.5 Å². The zero-order chi connectivity index (χ0) is 21.7. The number of hydrogen-bond donors (Lipinski definition) is 4. The van der Waals surface area contributed by atoms with Gasteiger partial charge in [0.2, 0.25) is 5.78 Å². The number of cyclic esters (lactones) is 1. The van der Waals surface area contributed by atoms with Gasteiger partial charge >= 0.3 is 5.97 Å². The number of fused-ring (bicyclic) bond motifs is 1. The summed E-state index contributed by atoms with van der Waals surface area (Å²) in [6, 6.07) is 3.14. The van der Waals surface area contributed by atoms with E-state index in [0.717, 1.165) is 6.08 Å². The number of carbonyl (C=O) groups excluding carboxylic acids is 2. The zero-order valence-electron chi connectivity index (χ0n) is 16.8. The Morgan fingerprint density at radius 3 is 2.59 bits per heavy atom. The maximum Gasteiger partial charge on any atom is 0.342 e. The smallest absolute Gasteiger partial charge is 0.342 e. The average molecular weight is 409 g/mol. The first kappa shape index (κ1) is 22.8. The number of aromatic hydroxyl groups is 1. The maximum absolute atomic E-state index is 14.2. The second kappa shape index (κ2) is 9.84. The summed E-state index contributed by atoms with van der Waals surface area (Å²) in [4.78, 5) is 24.7. The molecule has 0 radical (unpaired) electrons. The van der Waals surface area contributed by atoms with Gasteiger partial charge in [0.15, 0.2) is 5.83 Å². The Labute approximate surface area is 169 Å².